The molecule has 0 saturated carbocycles. The monoisotopic (exact) mass is 517 g/mol. The van der Waals surface area contributed by atoms with Crippen molar-refractivity contribution in [2.75, 3.05) is 46.0 Å². The van der Waals surface area contributed by atoms with Gasteiger partial charge in [0.15, 0.2) is 0 Å². The van der Waals surface area contributed by atoms with E-state index in [1.807, 2.05) is 34.1 Å². The van der Waals surface area contributed by atoms with Crippen LogP contribution in [0.3, 0.4) is 0 Å². The molecule has 1 aromatic heterocycles. The molecule has 0 radical (unpaired) electrons. The number of para-hydroxylation sites is 1. The minimum atomic E-state index is -1.55. The highest BCUT2D eigenvalue weighted by atomic mass is 19.1. The highest BCUT2D eigenvalue weighted by Crippen LogP contribution is 2.44. The van der Waals surface area contributed by atoms with Gasteiger partial charge in [-0.05, 0) is 44.4 Å². The summed E-state index contributed by atoms with van der Waals surface area (Å²) in [7, 11) is 0. The maximum absolute atomic E-state index is 15.7. The number of benzene rings is 2. The van der Waals surface area contributed by atoms with Crippen LogP contribution in [0.5, 0.6) is 5.75 Å². The second-order valence-corrected chi connectivity index (χ2v) is 11.2. The maximum atomic E-state index is 15.7. The zero-order chi connectivity index (χ0) is 26.3. The van der Waals surface area contributed by atoms with Crippen molar-refractivity contribution >= 4 is 10.9 Å². The second kappa shape index (κ2) is 10.3. The Morgan fingerprint density at radius 3 is 2.46 bits per heavy atom. The molecule has 1 N–H and O–H groups in total. The largest absolute Gasteiger partial charge is 0.492 e. The Hall–Kier alpha value is -2.58. The van der Waals surface area contributed by atoms with E-state index < -0.39 is 23.3 Å². The molecule has 1 fully saturated rings. The molecule has 5 rings (SSSR count). The molecule has 2 atom stereocenters. The number of rotatable bonds is 8. The number of nitrogens with zero attached hydrogens (tertiary/aromatic N) is 2. The molecule has 4 nitrogen and oxygen atoms in total. The third-order valence-electron chi connectivity index (χ3n) is 7.59. The summed E-state index contributed by atoms with van der Waals surface area (Å²) in [6.07, 6.45) is 0.742. The number of halogens is 4. The van der Waals surface area contributed by atoms with Gasteiger partial charge < -0.3 is 9.72 Å². The molecule has 0 amide bonds. The Kier molecular flexibility index (Phi) is 7.24. The van der Waals surface area contributed by atoms with Crippen LogP contribution in [0.4, 0.5) is 17.6 Å². The minimum Gasteiger partial charge on any atom is -0.492 e. The molecule has 2 aliphatic heterocycles. The summed E-state index contributed by atoms with van der Waals surface area (Å²) < 4.78 is 64.7. The number of likely N-dealkylation sites (tertiary alicyclic amines) is 1. The molecule has 2 aliphatic rings. The van der Waals surface area contributed by atoms with Crippen molar-refractivity contribution in [2.24, 2.45) is 5.92 Å². The van der Waals surface area contributed by atoms with Crippen molar-refractivity contribution in [3.8, 4) is 5.75 Å². The first-order valence-corrected chi connectivity index (χ1v) is 13.1. The number of hydrogen-bond donors (Lipinski definition) is 1. The lowest BCUT2D eigenvalue weighted by molar-refractivity contribution is 0.0667. The van der Waals surface area contributed by atoms with Gasteiger partial charge in [0.2, 0.25) is 0 Å². The second-order valence-electron chi connectivity index (χ2n) is 11.2. The van der Waals surface area contributed by atoms with Crippen molar-refractivity contribution in [1.82, 2.24) is 14.8 Å². The number of nitrogens with one attached hydrogen (secondary N) is 1. The fourth-order valence-corrected chi connectivity index (χ4v) is 5.88. The van der Waals surface area contributed by atoms with Crippen LogP contribution >= 0.6 is 0 Å². The lowest BCUT2D eigenvalue weighted by Gasteiger charge is -2.37. The van der Waals surface area contributed by atoms with E-state index in [-0.39, 0.29) is 43.0 Å². The Labute approximate surface area is 215 Å². The van der Waals surface area contributed by atoms with Crippen LogP contribution in [0.2, 0.25) is 0 Å². The molecule has 3 heterocycles. The van der Waals surface area contributed by atoms with Gasteiger partial charge in [-0.25, -0.2) is 13.2 Å². The zero-order valence-corrected chi connectivity index (χ0v) is 21.7. The summed E-state index contributed by atoms with van der Waals surface area (Å²) in [4.78, 5) is 7.33. The molecular weight excluding hydrogens is 482 g/mol. The first kappa shape index (κ1) is 26.0. The van der Waals surface area contributed by atoms with Crippen LogP contribution in [0.1, 0.15) is 56.0 Å². The highest BCUT2D eigenvalue weighted by Gasteiger charge is 2.38. The van der Waals surface area contributed by atoms with E-state index in [0.29, 0.717) is 31.9 Å². The molecule has 37 heavy (non-hydrogen) atoms. The number of aromatic nitrogens is 1. The molecule has 1 saturated heterocycles. The van der Waals surface area contributed by atoms with Gasteiger partial charge in [0.05, 0.1) is 12.7 Å². The maximum Gasteiger partial charge on any atom is 0.135 e. The van der Waals surface area contributed by atoms with E-state index in [2.05, 4.69) is 11.9 Å². The third kappa shape index (κ3) is 5.36. The molecule has 0 unspecified atom stereocenters. The van der Waals surface area contributed by atoms with E-state index in [4.69, 9.17) is 4.74 Å². The number of fused-ring (bicyclic) bond motifs is 3. The summed E-state index contributed by atoms with van der Waals surface area (Å²) in [5, 5.41) is 1.03. The van der Waals surface area contributed by atoms with Gasteiger partial charge >= 0.3 is 0 Å². The molecule has 3 aromatic rings. The predicted molar refractivity (Wildman–Crippen MR) is 138 cm³/mol. The first-order chi connectivity index (χ1) is 17.6. The minimum absolute atomic E-state index is 0.0338. The Bertz CT molecular complexity index is 1220. The summed E-state index contributed by atoms with van der Waals surface area (Å²) in [6, 6.07) is 9.47. The molecule has 0 aliphatic carbocycles. The number of H-pyrrole nitrogens is 1. The van der Waals surface area contributed by atoms with Gasteiger partial charge in [-0.2, -0.15) is 0 Å². The first-order valence-electron chi connectivity index (χ1n) is 13.1. The molecule has 0 bridgehead atoms. The number of ether oxygens (including phenoxy) is 1. The van der Waals surface area contributed by atoms with Crippen LogP contribution < -0.4 is 4.74 Å². The van der Waals surface area contributed by atoms with Gasteiger partial charge in [-0.3, -0.25) is 14.2 Å². The Balaban J connectivity index is 1.49. The van der Waals surface area contributed by atoms with Crippen LogP contribution in [0, 0.1) is 17.6 Å². The molecular formula is C29H35F4N3O. The van der Waals surface area contributed by atoms with Crippen LogP contribution in [-0.4, -0.2) is 66.5 Å². The van der Waals surface area contributed by atoms with Crippen molar-refractivity contribution in [1.29, 1.82) is 0 Å². The van der Waals surface area contributed by atoms with E-state index in [9.17, 15) is 8.78 Å². The van der Waals surface area contributed by atoms with Gasteiger partial charge in [0.25, 0.3) is 0 Å². The normalized spacial score (nSPS) is 21.6. The zero-order valence-electron chi connectivity index (χ0n) is 21.7. The van der Waals surface area contributed by atoms with Crippen LogP contribution in [0.25, 0.3) is 10.9 Å². The smallest absolute Gasteiger partial charge is 0.135 e. The van der Waals surface area contributed by atoms with Gasteiger partial charge in [-0.1, -0.05) is 25.1 Å². The number of aromatic amines is 1. The SMILES string of the molecule is C[C@@H]1CCN(CC(C)(C)F)[C@@H](c2c(F)cc(OCCN3CC(CF)C3)cc2F)c2[nH]c3ccccc3c21. The average Bonchev–Trinajstić information content (AvgIpc) is 3.13. The quantitative estimate of drug-likeness (QED) is 0.352. The Morgan fingerprint density at radius 1 is 1.08 bits per heavy atom. The molecule has 2 aromatic carbocycles. The van der Waals surface area contributed by atoms with E-state index in [0.717, 1.165) is 22.9 Å². The fourth-order valence-electron chi connectivity index (χ4n) is 5.88. The van der Waals surface area contributed by atoms with Crippen molar-refractivity contribution < 1.29 is 22.3 Å². The van der Waals surface area contributed by atoms with E-state index in [1.54, 1.807) is 0 Å². The fraction of sp³-hybridized carbons (Fsp3) is 0.517. The van der Waals surface area contributed by atoms with Crippen LogP contribution in [0.15, 0.2) is 36.4 Å². The predicted octanol–water partition coefficient (Wildman–Crippen LogP) is 6.37. The lowest BCUT2D eigenvalue weighted by Crippen LogP contribution is -2.49. The highest BCUT2D eigenvalue weighted by molar-refractivity contribution is 5.85. The van der Waals surface area contributed by atoms with Gasteiger partial charge in [-0.15, -0.1) is 0 Å². The third-order valence-corrected chi connectivity index (χ3v) is 7.59. The standard InChI is InChI=1S/C29H35F4N3O/c1-18-8-9-36(17-29(2,3)33)28(27-25(18)21-6-4-5-7-24(21)34-27)26-22(31)12-20(13-23(26)32)37-11-10-35-15-19(14-30)16-35/h4-7,12-13,18-19,28,34H,8-11,14-17H2,1-3H3/t18-,28+/m1/s1. The summed E-state index contributed by atoms with van der Waals surface area (Å²) in [5.74, 6) is -1.13. The summed E-state index contributed by atoms with van der Waals surface area (Å²) in [6.45, 7) is 7.47. The number of alkyl halides is 2. The van der Waals surface area contributed by atoms with E-state index >= 15 is 8.78 Å². The molecule has 200 valence electrons. The van der Waals surface area contributed by atoms with Crippen LogP contribution in [-0.2, 0) is 0 Å². The van der Waals surface area contributed by atoms with Crippen molar-refractivity contribution in [3.05, 3.63) is 64.9 Å². The average molecular weight is 518 g/mol. The summed E-state index contributed by atoms with van der Waals surface area (Å²) >= 11 is 0. The van der Waals surface area contributed by atoms with Crippen molar-refractivity contribution in [3.63, 3.8) is 0 Å². The topological polar surface area (TPSA) is 31.5 Å². The summed E-state index contributed by atoms with van der Waals surface area (Å²) in [5.41, 5.74) is 0.980. The van der Waals surface area contributed by atoms with Gasteiger partial charge in [0, 0.05) is 66.4 Å². The van der Waals surface area contributed by atoms with Gasteiger partial charge in [0.1, 0.15) is 29.7 Å². The molecule has 8 heteroatoms. The lowest BCUT2D eigenvalue weighted by atomic mass is 9.92. The van der Waals surface area contributed by atoms with Crippen molar-refractivity contribution in [2.45, 2.75) is 44.8 Å². The number of hydrogen-bond acceptors (Lipinski definition) is 3. The molecule has 0 spiro atoms. The Morgan fingerprint density at radius 2 is 1.78 bits per heavy atom. The van der Waals surface area contributed by atoms with E-state index in [1.165, 1.54) is 26.0 Å².